The zero-order valence-corrected chi connectivity index (χ0v) is 14.1. The summed E-state index contributed by atoms with van der Waals surface area (Å²) in [4.78, 5) is 11.8. The van der Waals surface area contributed by atoms with Crippen LogP contribution in [0.4, 0.5) is 0 Å². The summed E-state index contributed by atoms with van der Waals surface area (Å²) in [5.41, 5.74) is 3.82. The Morgan fingerprint density at radius 1 is 1.14 bits per heavy atom. The molecule has 0 unspecified atom stereocenters. The van der Waals surface area contributed by atoms with Gasteiger partial charge < -0.3 is 0 Å². The molecule has 0 N–H and O–H groups in total. The van der Waals surface area contributed by atoms with Gasteiger partial charge in [0.05, 0.1) is 0 Å². The Labute approximate surface area is 129 Å². The number of fused-ring (bicyclic) bond motifs is 1. The highest BCUT2D eigenvalue weighted by molar-refractivity contribution is 5.85. The molecule has 1 aromatic carbocycles. The summed E-state index contributed by atoms with van der Waals surface area (Å²) in [6.07, 6.45) is 9.04. The third-order valence-corrected chi connectivity index (χ3v) is 3.55. The predicted octanol–water partition coefficient (Wildman–Crippen LogP) is 5.60. The second kappa shape index (κ2) is 7.97. The fourth-order valence-corrected chi connectivity index (χ4v) is 2.21. The van der Waals surface area contributed by atoms with Crippen LogP contribution in [0.25, 0.3) is 6.08 Å². The smallest absolute Gasteiger partial charge is 0.141 e. The lowest BCUT2D eigenvalue weighted by Gasteiger charge is -2.15. The molecule has 0 saturated carbocycles. The molecule has 0 fully saturated rings. The number of hydrogen-bond acceptors (Lipinski definition) is 1. The molecule has 1 heteroatoms. The number of benzene rings is 1. The molecule has 2 rings (SSSR count). The highest BCUT2D eigenvalue weighted by Crippen LogP contribution is 2.24. The van der Waals surface area contributed by atoms with Crippen molar-refractivity contribution in [2.45, 2.75) is 53.9 Å². The molecule has 0 aromatic heterocycles. The maximum absolute atomic E-state index is 11.8. The highest BCUT2D eigenvalue weighted by atomic mass is 16.1. The Bertz CT molecular complexity index is 527. The van der Waals surface area contributed by atoms with Crippen molar-refractivity contribution in [3.8, 4) is 0 Å². The van der Waals surface area contributed by atoms with E-state index in [-0.39, 0.29) is 5.41 Å². The topological polar surface area (TPSA) is 17.1 Å². The van der Waals surface area contributed by atoms with Gasteiger partial charge in [-0.25, -0.2) is 0 Å². The Kier molecular flexibility index (Phi) is 6.61. The SMILES string of the molecule is CC.CC(C)(C)C(=O)C/C=C/C1=Cc2ccccc2CC1. The number of allylic oxidation sites excluding steroid dienone is 3. The van der Waals surface area contributed by atoms with Gasteiger partial charge in [-0.1, -0.05) is 77.1 Å². The van der Waals surface area contributed by atoms with Gasteiger partial charge in [-0.3, -0.25) is 4.79 Å². The van der Waals surface area contributed by atoms with Crippen LogP contribution in [0.15, 0.2) is 42.0 Å². The molecule has 0 spiro atoms. The van der Waals surface area contributed by atoms with Gasteiger partial charge in [-0.2, -0.15) is 0 Å². The van der Waals surface area contributed by atoms with Crippen molar-refractivity contribution < 1.29 is 4.79 Å². The normalized spacial score (nSPS) is 14.0. The number of hydrogen-bond donors (Lipinski definition) is 0. The van der Waals surface area contributed by atoms with Crippen molar-refractivity contribution in [1.82, 2.24) is 0 Å². The van der Waals surface area contributed by atoms with Gasteiger partial charge in [-0.05, 0) is 29.5 Å². The van der Waals surface area contributed by atoms with Crippen molar-refractivity contribution in [2.24, 2.45) is 5.41 Å². The Morgan fingerprint density at radius 3 is 2.48 bits per heavy atom. The van der Waals surface area contributed by atoms with Gasteiger partial charge in [0.1, 0.15) is 5.78 Å². The molecule has 0 aliphatic heterocycles. The summed E-state index contributed by atoms with van der Waals surface area (Å²) in [6, 6.07) is 8.51. The minimum absolute atomic E-state index is 0.238. The summed E-state index contributed by atoms with van der Waals surface area (Å²) in [7, 11) is 0. The summed E-state index contributed by atoms with van der Waals surface area (Å²) < 4.78 is 0. The Morgan fingerprint density at radius 2 is 1.81 bits per heavy atom. The minimum atomic E-state index is -0.238. The van der Waals surface area contributed by atoms with Crippen molar-refractivity contribution in [3.05, 3.63) is 53.1 Å². The van der Waals surface area contributed by atoms with Crippen LogP contribution in [-0.4, -0.2) is 5.78 Å². The fraction of sp³-hybridized carbons (Fsp3) is 0.450. The standard InChI is InChI=1S/C18H22O.C2H6/c1-18(2,3)17(19)10-6-7-14-11-12-15-8-4-5-9-16(15)13-14;1-2/h4-9,13H,10-12H2,1-3H3;1-2H3/b7-6+;. The van der Waals surface area contributed by atoms with E-state index in [1.807, 2.05) is 40.7 Å². The molecule has 21 heavy (non-hydrogen) atoms. The second-order valence-electron chi connectivity index (χ2n) is 6.20. The van der Waals surface area contributed by atoms with E-state index in [4.69, 9.17) is 0 Å². The second-order valence-corrected chi connectivity index (χ2v) is 6.20. The van der Waals surface area contributed by atoms with E-state index in [0.29, 0.717) is 12.2 Å². The van der Waals surface area contributed by atoms with Gasteiger partial charge in [-0.15, -0.1) is 0 Å². The average Bonchev–Trinajstić information content (AvgIpc) is 2.48. The first-order valence-corrected chi connectivity index (χ1v) is 7.95. The van der Waals surface area contributed by atoms with E-state index in [1.165, 1.54) is 16.7 Å². The summed E-state index contributed by atoms with van der Waals surface area (Å²) in [5, 5.41) is 0. The lowest BCUT2D eigenvalue weighted by molar-refractivity contribution is -0.125. The first kappa shape index (κ1) is 17.4. The number of ketones is 1. The number of aryl methyl sites for hydroxylation is 1. The maximum Gasteiger partial charge on any atom is 0.141 e. The zero-order chi connectivity index (χ0) is 15.9. The molecule has 0 amide bonds. The first-order chi connectivity index (χ1) is 9.97. The predicted molar refractivity (Wildman–Crippen MR) is 92.3 cm³/mol. The van der Waals surface area contributed by atoms with Gasteiger partial charge >= 0.3 is 0 Å². The van der Waals surface area contributed by atoms with Crippen LogP contribution in [0.2, 0.25) is 0 Å². The quantitative estimate of drug-likeness (QED) is 0.705. The third-order valence-electron chi connectivity index (χ3n) is 3.55. The first-order valence-electron chi connectivity index (χ1n) is 7.95. The van der Waals surface area contributed by atoms with Gasteiger partial charge in [0, 0.05) is 11.8 Å². The van der Waals surface area contributed by atoms with Gasteiger partial charge in [0.25, 0.3) is 0 Å². The molecule has 114 valence electrons. The number of rotatable bonds is 3. The molecular weight excluding hydrogens is 256 g/mol. The molecule has 1 aliphatic rings. The third kappa shape index (κ3) is 5.34. The van der Waals surface area contributed by atoms with Crippen LogP contribution >= 0.6 is 0 Å². The number of carbonyl (C=O) groups is 1. The van der Waals surface area contributed by atoms with Crippen molar-refractivity contribution in [2.75, 3.05) is 0 Å². The van der Waals surface area contributed by atoms with Gasteiger partial charge in [0.15, 0.2) is 0 Å². The summed E-state index contributed by atoms with van der Waals surface area (Å²) >= 11 is 0. The molecule has 1 nitrogen and oxygen atoms in total. The molecular formula is C20H28O. The van der Waals surface area contributed by atoms with Crippen LogP contribution < -0.4 is 0 Å². The maximum atomic E-state index is 11.8. The van der Waals surface area contributed by atoms with Crippen LogP contribution in [-0.2, 0) is 11.2 Å². The van der Waals surface area contributed by atoms with Crippen molar-refractivity contribution in [1.29, 1.82) is 0 Å². The molecule has 1 aromatic rings. The van der Waals surface area contributed by atoms with Crippen LogP contribution in [0, 0.1) is 5.41 Å². The van der Waals surface area contributed by atoms with E-state index in [0.717, 1.165) is 12.8 Å². The molecule has 0 bridgehead atoms. The van der Waals surface area contributed by atoms with E-state index in [9.17, 15) is 4.79 Å². The Balaban J connectivity index is 0.00000106. The Hall–Kier alpha value is -1.63. The lowest BCUT2D eigenvalue weighted by Crippen LogP contribution is -2.18. The summed E-state index contributed by atoms with van der Waals surface area (Å²) in [5.74, 6) is 0.292. The molecule has 0 saturated heterocycles. The van der Waals surface area contributed by atoms with Crippen LogP contribution in [0.1, 0.15) is 58.6 Å². The fourth-order valence-electron chi connectivity index (χ4n) is 2.21. The number of carbonyl (C=O) groups excluding carboxylic acids is 1. The molecule has 0 radical (unpaired) electrons. The molecule has 1 aliphatic carbocycles. The monoisotopic (exact) mass is 284 g/mol. The highest BCUT2D eigenvalue weighted by Gasteiger charge is 2.19. The molecule has 0 atom stereocenters. The van der Waals surface area contributed by atoms with E-state index in [2.05, 4.69) is 36.4 Å². The van der Waals surface area contributed by atoms with Gasteiger partial charge in [0.2, 0.25) is 0 Å². The largest absolute Gasteiger partial charge is 0.299 e. The van der Waals surface area contributed by atoms with E-state index >= 15 is 0 Å². The van der Waals surface area contributed by atoms with E-state index in [1.54, 1.807) is 0 Å². The zero-order valence-electron chi connectivity index (χ0n) is 14.1. The molecule has 0 heterocycles. The average molecular weight is 284 g/mol. The van der Waals surface area contributed by atoms with Crippen molar-refractivity contribution in [3.63, 3.8) is 0 Å². The number of Topliss-reactive ketones (excluding diaryl/α,β-unsaturated/α-hetero) is 1. The van der Waals surface area contributed by atoms with E-state index < -0.39 is 0 Å². The minimum Gasteiger partial charge on any atom is -0.299 e. The van der Waals surface area contributed by atoms with Crippen LogP contribution in [0.3, 0.4) is 0 Å². The lowest BCUT2D eigenvalue weighted by atomic mass is 9.88. The summed E-state index contributed by atoms with van der Waals surface area (Å²) in [6.45, 7) is 9.91. The van der Waals surface area contributed by atoms with Crippen LogP contribution in [0.5, 0.6) is 0 Å². The van der Waals surface area contributed by atoms with Crippen molar-refractivity contribution >= 4 is 11.9 Å².